The molecular weight excluding hydrogens is 328 g/mol. The zero-order valence-corrected chi connectivity index (χ0v) is 16.1. The van der Waals surface area contributed by atoms with E-state index in [1.807, 2.05) is 43.3 Å². The lowest BCUT2D eigenvalue weighted by Gasteiger charge is -2.02. The van der Waals surface area contributed by atoms with Crippen LogP contribution < -0.4 is 0 Å². The molecule has 0 aliphatic rings. The molecule has 0 unspecified atom stereocenters. The molecule has 0 saturated heterocycles. The number of benzene rings is 1. The van der Waals surface area contributed by atoms with Crippen LogP contribution >= 0.6 is 0 Å². The van der Waals surface area contributed by atoms with Crippen molar-refractivity contribution in [2.75, 3.05) is 13.2 Å². The first-order valence-electron chi connectivity index (χ1n) is 8.84. The molecule has 0 amide bonds. The molecule has 4 nitrogen and oxygen atoms in total. The Kier molecular flexibility index (Phi) is 13.2. The van der Waals surface area contributed by atoms with Crippen molar-refractivity contribution in [2.24, 2.45) is 0 Å². The highest BCUT2D eigenvalue weighted by atomic mass is 16.5. The quantitative estimate of drug-likeness (QED) is 0.266. The van der Waals surface area contributed by atoms with Gasteiger partial charge in [0.15, 0.2) is 0 Å². The fourth-order valence-corrected chi connectivity index (χ4v) is 1.55. The van der Waals surface area contributed by atoms with E-state index in [0.717, 1.165) is 24.8 Å². The summed E-state index contributed by atoms with van der Waals surface area (Å²) in [5, 5.41) is 0. The van der Waals surface area contributed by atoms with Crippen LogP contribution in [-0.2, 0) is 19.1 Å². The van der Waals surface area contributed by atoms with E-state index in [-0.39, 0.29) is 11.9 Å². The first-order chi connectivity index (χ1) is 12.4. The van der Waals surface area contributed by atoms with Gasteiger partial charge in [0.2, 0.25) is 0 Å². The number of carbonyl (C=O) groups is 2. The van der Waals surface area contributed by atoms with Gasteiger partial charge in [-0.05, 0) is 31.4 Å². The SMILES string of the molecule is C=C(C)C(=O)OCCC.C=C(C=Cc1ccccc1)C(=O)OCCCC. The molecular formula is C22H30O4. The maximum absolute atomic E-state index is 11.5. The zero-order chi connectivity index (χ0) is 19.8. The van der Waals surface area contributed by atoms with Crippen molar-refractivity contribution in [1.82, 2.24) is 0 Å². The van der Waals surface area contributed by atoms with Crippen molar-refractivity contribution < 1.29 is 19.1 Å². The minimum Gasteiger partial charge on any atom is -0.462 e. The third kappa shape index (κ3) is 11.8. The molecule has 0 heterocycles. The summed E-state index contributed by atoms with van der Waals surface area (Å²) in [5.41, 5.74) is 1.88. The van der Waals surface area contributed by atoms with Crippen LogP contribution in [0.2, 0.25) is 0 Å². The van der Waals surface area contributed by atoms with Crippen LogP contribution in [0.3, 0.4) is 0 Å². The smallest absolute Gasteiger partial charge is 0.337 e. The summed E-state index contributed by atoms with van der Waals surface area (Å²) in [6.07, 6.45) is 6.30. The number of hydrogen-bond donors (Lipinski definition) is 0. The van der Waals surface area contributed by atoms with Crippen LogP contribution in [0, 0.1) is 0 Å². The molecule has 0 bridgehead atoms. The second kappa shape index (κ2) is 14.7. The summed E-state index contributed by atoms with van der Waals surface area (Å²) >= 11 is 0. The Morgan fingerprint density at radius 2 is 1.58 bits per heavy atom. The first kappa shape index (κ1) is 23.4. The molecule has 0 saturated carbocycles. The third-order valence-corrected chi connectivity index (χ3v) is 3.06. The van der Waals surface area contributed by atoms with E-state index < -0.39 is 0 Å². The topological polar surface area (TPSA) is 52.6 Å². The number of esters is 2. The Morgan fingerprint density at radius 1 is 0.962 bits per heavy atom. The molecule has 0 radical (unpaired) electrons. The number of carbonyl (C=O) groups excluding carboxylic acids is 2. The van der Waals surface area contributed by atoms with E-state index >= 15 is 0 Å². The fraction of sp³-hybridized carbons (Fsp3) is 0.364. The highest BCUT2D eigenvalue weighted by Gasteiger charge is 2.04. The van der Waals surface area contributed by atoms with Gasteiger partial charge >= 0.3 is 11.9 Å². The second-order valence-electron chi connectivity index (χ2n) is 5.67. The van der Waals surface area contributed by atoms with Crippen molar-refractivity contribution in [3.05, 3.63) is 66.3 Å². The third-order valence-electron chi connectivity index (χ3n) is 3.06. The first-order valence-corrected chi connectivity index (χ1v) is 8.84. The number of unbranched alkanes of at least 4 members (excludes halogenated alkanes) is 1. The highest BCUT2D eigenvalue weighted by molar-refractivity contribution is 5.92. The van der Waals surface area contributed by atoms with Crippen LogP contribution in [0.25, 0.3) is 6.08 Å². The molecule has 1 aromatic carbocycles. The van der Waals surface area contributed by atoms with Crippen LogP contribution in [0.4, 0.5) is 0 Å². The molecule has 4 heteroatoms. The molecule has 0 fully saturated rings. The molecule has 26 heavy (non-hydrogen) atoms. The average Bonchev–Trinajstić information content (AvgIpc) is 2.65. The number of hydrogen-bond acceptors (Lipinski definition) is 4. The summed E-state index contributed by atoms with van der Waals surface area (Å²) in [6.45, 7) is 13.7. The Bertz CT molecular complexity index is 600. The van der Waals surface area contributed by atoms with Crippen molar-refractivity contribution in [3.8, 4) is 0 Å². The van der Waals surface area contributed by atoms with Gasteiger partial charge in [0.1, 0.15) is 0 Å². The largest absolute Gasteiger partial charge is 0.462 e. The van der Waals surface area contributed by atoms with Crippen LogP contribution in [0.5, 0.6) is 0 Å². The molecule has 0 N–H and O–H groups in total. The maximum atomic E-state index is 11.5. The predicted molar refractivity (Wildman–Crippen MR) is 107 cm³/mol. The Balaban J connectivity index is 0.000000590. The summed E-state index contributed by atoms with van der Waals surface area (Å²) < 4.78 is 9.76. The number of rotatable bonds is 9. The molecule has 142 valence electrons. The summed E-state index contributed by atoms with van der Waals surface area (Å²) in [4.78, 5) is 22.0. The average molecular weight is 358 g/mol. The lowest BCUT2D eigenvalue weighted by atomic mass is 10.2. The minimum absolute atomic E-state index is 0.295. The molecule has 0 aromatic heterocycles. The van der Waals surface area contributed by atoms with E-state index in [0.29, 0.717) is 24.4 Å². The summed E-state index contributed by atoms with van der Waals surface area (Å²) in [5.74, 6) is -0.637. The Labute approximate surface area is 157 Å². The van der Waals surface area contributed by atoms with E-state index in [2.05, 4.69) is 20.1 Å². The van der Waals surface area contributed by atoms with Gasteiger partial charge in [0.05, 0.1) is 18.8 Å². The summed E-state index contributed by atoms with van der Waals surface area (Å²) in [6, 6.07) is 9.77. The van der Waals surface area contributed by atoms with Crippen molar-refractivity contribution in [3.63, 3.8) is 0 Å². The lowest BCUT2D eigenvalue weighted by molar-refractivity contribution is -0.139. The van der Waals surface area contributed by atoms with Gasteiger partial charge in [0.25, 0.3) is 0 Å². The van der Waals surface area contributed by atoms with Crippen LogP contribution in [-0.4, -0.2) is 25.2 Å². The van der Waals surface area contributed by atoms with E-state index in [4.69, 9.17) is 9.47 Å². The van der Waals surface area contributed by atoms with E-state index in [1.165, 1.54) is 0 Å². The second-order valence-corrected chi connectivity index (χ2v) is 5.67. The molecule has 0 aliphatic carbocycles. The predicted octanol–water partition coefficient (Wildman–Crippen LogP) is 5.12. The molecule has 0 spiro atoms. The highest BCUT2D eigenvalue weighted by Crippen LogP contribution is 2.05. The normalized spacial score (nSPS) is 9.81. The van der Waals surface area contributed by atoms with E-state index in [1.54, 1.807) is 13.0 Å². The molecule has 1 aromatic rings. The van der Waals surface area contributed by atoms with E-state index in [9.17, 15) is 9.59 Å². The Morgan fingerprint density at radius 3 is 2.12 bits per heavy atom. The zero-order valence-electron chi connectivity index (χ0n) is 16.1. The molecule has 0 aliphatic heterocycles. The summed E-state index contributed by atoms with van der Waals surface area (Å²) in [7, 11) is 0. The van der Waals surface area contributed by atoms with Crippen molar-refractivity contribution >= 4 is 18.0 Å². The van der Waals surface area contributed by atoms with Crippen molar-refractivity contribution in [2.45, 2.75) is 40.0 Å². The van der Waals surface area contributed by atoms with Crippen LogP contribution in [0.15, 0.2) is 60.7 Å². The van der Waals surface area contributed by atoms with Crippen molar-refractivity contribution in [1.29, 1.82) is 0 Å². The number of ether oxygens (including phenoxy) is 2. The fourth-order valence-electron chi connectivity index (χ4n) is 1.55. The van der Waals surface area contributed by atoms with Crippen LogP contribution in [0.1, 0.15) is 45.6 Å². The maximum Gasteiger partial charge on any atom is 0.337 e. The van der Waals surface area contributed by atoms with Gasteiger partial charge in [-0.3, -0.25) is 0 Å². The molecule has 0 atom stereocenters. The van der Waals surface area contributed by atoms with Gasteiger partial charge < -0.3 is 9.47 Å². The lowest BCUT2D eigenvalue weighted by Crippen LogP contribution is -2.06. The minimum atomic E-state index is -0.342. The van der Waals surface area contributed by atoms with Gasteiger partial charge in [-0.1, -0.05) is 69.8 Å². The van der Waals surface area contributed by atoms with Gasteiger partial charge in [-0.15, -0.1) is 0 Å². The van der Waals surface area contributed by atoms with Gasteiger partial charge in [0, 0.05) is 5.57 Å². The molecule has 1 rings (SSSR count). The van der Waals surface area contributed by atoms with Gasteiger partial charge in [-0.2, -0.15) is 0 Å². The van der Waals surface area contributed by atoms with Gasteiger partial charge in [-0.25, -0.2) is 9.59 Å². The monoisotopic (exact) mass is 358 g/mol. The standard InChI is InChI=1S/C15H18O2.C7H12O2/c1-3-4-12-17-15(16)13(2)10-11-14-8-6-5-7-9-14;1-4-5-9-7(8)6(2)3/h5-11H,2-4,12H2,1H3;2,4-5H2,1,3H3. The Hall–Kier alpha value is -2.62.